The maximum Gasteiger partial charge on any atom is 0.243 e. The molecule has 0 unspecified atom stereocenters. The first-order chi connectivity index (χ1) is 14.3. The van der Waals surface area contributed by atoms with Crippen LogP contribution in [-0.2, 0) is 26.1 Å². The minimum absolute atomic E-state index is 0.0367. The lowest BCUT2D eigenvalue weighted by molar-refractivity contribution is -0.121. The third kappa shape index (κ3) is 6.09. The van der Waals surface area contributed by atoms with Gasteiger partial charge in [-0.05, 0) is 54.8 Å². The highest BCUT2D eigenvalue weighted by atomic mass is 35.5. The predicted octanol–water partition coefficient (Wildman–Crippen LogP) is 4.13. The number of benzene rings is 2. The summed E-state index contributed by atoms with van der Waals surface area (Å²) in [6.07, 6.45) is 1.79. The number of hydrogen-bond donors (Lipinski definition) is 1. The normalized spacial score (nSPS) is 16.7. The lowest BCUT2D eigenvalue weighted by Crippen LogP contribution is -2.42. The van der Waals surface area contributed by atoms with E-state index >= 15 is 0 Å². The maximum absolute atomic E-state index is 13.2. The van der Waals surface area contributed by atoms with Crippen LogP contribution in [0.1, 0.15) is 18.4 Å². The van der Waals surface area contributed by atoms with Crippen LogP contribution in [0.15, 0.2) is 47.4 Å². The highest BCUT2D eigenvalue weighted by Gasteiger charge is 2.27. The second-order valence-corrected chi connectivity index (χ2v) is 10.1. The van der Waals surface area contributed by atoms with E-state index in [2.05, 4.69) is 5.32 Å². The Morgan fingerprint density at radius 2 is 1.83 bits per heavy atom. The van der Waals surface area contributed by atoms with Gasteiger partial charge in [0.05, 0.1) is 27.6 Å². The van der Waals surface area contributed by atoms with Crippen LogP contribution in [0.5, 0.6) is 0 Å². The number of nitrogens with zero attached hydrogens (tertiary/aromatic N) is 1. The molecule has 30 heavy (non-hydrogen) atoms. The van der Waals surface area contributed by atoms with E-state index in [1.165, 1.54) is 24.3 Å². The van der Waals surface area contributed by atoms with Gasteiger partial charge in [0, 0.05) is 24.7 Å². The first-order valence-corrected chi connectivity index (χ1v) is 11.9. The third-order valence-electron chi connectivity index (χ3n) is 4.67. The lowest BCUT2D eigenvalue weighted by atomic mass is 10.2. The van der Waals surface area contributed by atoms with Gasteiger partial charge in [0.25, 0.3) is 0 Å². The molecule has 1 saturated heterocycles. The minimum Gasteiger partial charge on any atom is -0.376 e. The molecule has 2 aromatic carbocycles. The van der Waals surface area contributed by atoms with Gasteiger partial charge in [-0.15, -0.1) is 0 Å². The summed E-state index contributed by atoms with van der Waals surface area (Å²) < 4.78 is 33.0. The van der Waals surface area contributed by atoms with E-state index in [1.54, 1.807) is 18.2 Å². The van der Waals surface area contributed by atoms with Gasteiger partial charge in [0.1, 0.15) is 0 Å². The first-order valence-electron chi connectivity index (χ1n) is 9.33. The number of halogens is 3. The number of hydrogen-bond acceptors (Lipinski definition) is 4. The molecule has 0 aromatic heterocycles. The van der Waals surface area contributed by atoms with Crippen molar-refractivity contribution in [2.75, 3.05) is 19.7 Å². The van der Waals surface area contributed by atoms with Crippen molar-refractivity contribution in [2.45, 2.75) is 30.4 Å². The number of amides is 1. The summed E-state index contributed by atoms with van der Waals surface area (Å²) in [5.74, 6) is -0.414. The van der Waals surface area contributed by atoms with Crippen molar-refractivity contribution >= 4 is 50.7 Å². The van der Waals surface area contributed by atoms with Crippen LogP contribution in [0, 0.1) is 0 Å². The molecule has 1 aliphatic rings. The summed E-state index contributed by atoms with van der Waals surface area (Å²) in [4.78, 5) is 12.6. The molecule has 10 heteroatoms. The zero-order valence-corrected chi connectivity index (χ0v) is 19.1. The molecule has 0 aliphatic carbocycles. The summed E-state index contributed by atoms with van der Waals surface area (Å²) in [7, 11) is -3.96. The van der Waals surface area contributed by atoms with Crippen molar-refractivity contribution in [3.8, 4) is 0 Å². The van der Waals surface area contributed by atoms with E-state index in [0.717, 1.165) is 17.1 Å². The molecule has 0 spiro atoms. The molecule has 2 aromatic rings. The van der Waals surface area contributed by atoms with Gasteiger partial charge in [0.2, 0.25) is 15.9 Å². The first kappa shape index (κ1) is 23.3. The number of ether oxygens (including phenoxy) is 1. The number of carbonyl (C=O) groups excluding carboxylic acids is 1. The van der Waals surface area contributed by atoms with E-state index in [9.17, 15) is 13.2 Å². The van der Waals surface area contributed by atoms with Crippen molar-refractivity contribution in [3.63, 3.8) is 0 Å². The summed E-state index contributed by atoms with van der Waals surface area (Å²) in [5.41, 5.74) is 0.605. The molecule has 162 valence electrons. The van der Waals surface area contributed by atoms with Crippen LogP contribution < -0.4 is 5.32 Å². The minimum atomic E-state index is -3.96. The van der Waals surface area contributed by atoms with Crippen molar-refractivity contribution in [1.82, 2.24) is 9.62 Å². The quantitative estimate of drug-likeness (QED) is 0.602. The van der Waals surface area contributed by atoms with Crippen molar-refractivity contribution in [1.29, 1.82) is 0 Å². The largest absolute Gasteiger partial charge is 0.376 e. The number of nitrogens with one attached hydrogen (secondary N) is 1. The van der Waals surface area contributed by atoms with Gasteiger partial charge in [-0.1, -0.05) is 40.9 Å². The fourth-order valence-corrected chi connectivity index (χ4v) is 4.90. The number of carbonyl (C=O) groups is 1. The second-order valence-electron chi connectivity index (χ2n) is 6.91. The zero-order chi connectivity index (χ0) is 21.7. The number of sulfonamides is 1. The Bertz CT molecular complexity index is 994. The average molecular weight is 492 g/mol. The second kappa shape index (κ2) is 10.3. The molecule has 1 fully saturated rings. The summed E-state index contributed by atoms with van der Waals surface area (Å²) in [5, 5.41) is 3.84. The molecular weight excluding hydrogens is 471 g/mol. The molecule has 1 aliphatic heterocycles. The Labute approximate surface area is 191 Å². The molecule has 3 rings (SSSR count). The van der Waals surface area contributed by atoms with Crippen LogP contribution >= 0.6 is 34.8 Å². The topological polar surface area (TPSA) is 75.7 Å². The monoisotopic (exact) mass is 490 g/mol. The van der Waals surface area contributed by atoms with Gasteiger partial charge in [-0.2, -0.15) is 4.31 Å². The average Bonchev–Trinajstić information content (AvgIpc) is 3.23. The van der Waals surface area contributed by atoms with E-state index in [1.807, 2.05) is 0 Å². The highest BCUT2D eigenvalue weighted by molar-refractivity contribution is 7.89. The summed E-state index contributed by atoms with van der Waals surface area (Å²) in [6.45, 7) is 0.627. The Morgan fingerprint density at radius 3 is 2.47 bits per heavy atom. The van der Waals surface area contributed by atoms with Crippen LogP contribution in [0.4, 0.5) is 0 Å². The molecule has 0 saturated carbocycles. The van der Waals surface area contributed by atoms with Gasteiger partial charge in [-0.3, -0.25) is 4.79 Å². The van der Waals surface area contributed by atoms with E-state index < -0.39 is 15.9 Å². The van der Waals surface area contributed by atoms with E-state index in [0.29, 0.717) is 33.8 Å². The Balaban J connectivity index is 1.80. The Hall–Kier alpha value is -1.35. The van der Waals surface area contributed by atoms with E-state index in [4.69, 9.17) is 39.5 Å². The smallest absolute Gasteiger partial charge is 0.243 e. The molecule has 1 atom stereocenters. The molecule has 1 N–H and O–H groups in total. The third-order valence-corrected chi connectivity index (χ3v) is 7.46. The molecule has 1 heterocycles. The van der Waals surface area contributed by atoms with Gasteiger partial charge >= 0.3 is 0 Å². The van der Waals surface area contributed by atoms with Crippen LogP contribution in [0.2, 0.25) is 15.1 Å². The van der Waals surface area contributed by atoms with Gasteiger partial charge < -0.3 is 10.1 Å². The summed E-state index contributed by atoms with van der Waals surface area (Å²) >= 11 is 17.9. The molecular formula is C20H21Cl3N2O4S. The molecule has 0 radical (unpaired) electrons. The molecule has 1 amide bonds. The van der Waals surface area contributed by atoms with E-state index in [-0.39, 0.29) is 24.1 Å². The zero-order valence-electron chi connectivity index (χ0n) is 16.0. The van der Waals surface area contributed by atoms with Crippen LogP contribution in [0.3, 0.4) is 0 Å². The fraction of sp³-hybridized carbons (Fsp3) is 0.350. The predicted molar refractivity (Wildman–Crippen MR) is 117 cm³/mol. The molecule has 0 bridgehead atoms. The van der Waals surface area contributed by atoms with Gasteiger partial charge in [-0.25, -0.2) is 8.42 Å². The Kier molecular flexibility index (Phi) is 8.01. The summed E-state index contributed by atoms with van der Waals surface area (Å²) in [6, 6.07) is 10.6. The fourth-order valence-electron chi connectivity index (χ4n) is 3.07. The molecule has 6 nitrogen and oxygen atoms in total. The van der Waals surface area contributed by atoms with Crippen LogP contribution in [-0.4, -0.2) is 44.4 Å². The van der Waals surface area contributed by atoms with Gasteiger partial charge in [0.15, 0.2) is 0 Å². The van der Waals surface area contributed by atoms with Crippen molar-refractivity contribution in [2.24, 2.45) is 0 Å². The Morgan fingerprint density at radius 1 is 1.10 bits per heavy atom. The highest BCUT2D eigenvalue weighted by Crippen LogP contribution is 2.25. The SMILES string of the molecule is O=C(CN(Cc1ccc(Cl)c(Cl)c1)S(=O)(=O)c1ccc(Cl)cc1)NC[C@H]1CCCO1. The standard InChI is InChI=1S/C20H21Cl3N2O4S/c21-15-4-6-17(7-5-15)30(27,28)25(12-14-3-8-18(22)19(23)10-14)13-20(26)24-11-16-2-1-9-29-16/h3-8,10,16H,1-2,9,11-13H2,(H,24,26)/t16-/m1/s1. The lowest BCUT2D eigenvalue weighted by Gasteiger charge is -2.22. The van der Waals surface area contributed by atoms with Crippen LogP contribution in [0.25, 0.3) is 0 Å². The maximum atomic E-state index is 13.2. The van der Waals surface area contributed by atoms with Crippen molar-refractivity contribution < 1.29 is 17.9 Å². The number of rotatable bonds is 8. The van der Waals surface area contributed by atoms with Crippen molar-refractivity contribution in [3.05, 3.63) is 63.1 Å².